The fourth-order valence-electron chi connectivity index (χ4n) is 3.78. The number of anilines is 1. The molecule has 188 valence electrons. The summed E-state index contributed by atoms with van der Waals surface area (Å²) >= 11 is 0. The molecule has 13 nitrogen and oxygen atoms in total. The van der Waals surface area contributed by atoms with Gasteiger partial charge >= 0.3 is 0 Å². The number of aromatic nitrogens is 5. The molecule has 1 saturated heterocycles. The molecule has 1 fully saturated rings. The zero-order valence-electron chi connectivity index (χ0n) is 19.9. The van der Waals surface area contributed by atoms with Crippen LogP contribution in [0.1, 0.15) is 36.3 Å². The lowest BCUT2D eigenvalue weighted by atomic mass is 10.1. The van der Waals surface area contributed by atoms with E-state index in [0.717, 1.165) is 0 Å². The zero-order valence-corrected chi connectivity index (χ0v) is 19.9. The van der Waals surface area contributed by atoms with Gasteiger partial charge in [0.25, 0.3) is 11.8 Å². The quantitative estimate of drug-likeness (QED) is 0.323. The van der Waals surface area contributed by atoms with Crippen molar-refractivity contribution in [1.29, 1.82) is 0 Å². The maximum absolute atomic E-state index is 12.8. The third-order valence-corrected chi connectivity index (χ3v) is 5.71. The smallest absolute Gasteiger partial charge is 0.256 e. The van der Waals surface area contributed by atoms with Gasteiger partial charge in [-0.1, -0.05) is 5.92 Å². The van der Waals surface area contributed by atoms with Crippen molar-refractivity contribution in [2.24, 2.45) is 0 Å². The molecule has 13 heteroatoms. The molecule has 3 aromatic heterocycles. The van der Waals surface area contributed by atoms with E-state index in [1.807, 2.05) is 13.8 Å². The molecule has 1 aliphatic heterocycles. The molecule has 4 rings (SSSR count). The zero-order chi connectivity index (χ0) is 26.0. The maximum Gasteiger partial charge on any atom is 0.256 e. The first-order valence-electron chi connectivity index (χ1n) is 11.2. The van der Waals surface area contributed by atoms with Gasteiger partial charge in [-0.25, -0.2) is 15.0 Å². The van der Waals surface area contributed by atoms with Crippen LogP contribution in [0.4, 0.5) is 5.82 Å². The first kappa shape index (κ1) is 25.0. The van der Waals surface area contributed by atoms with Crippen LogP contribution in [0.3, 0.4) is 0 Å². The first-order valence-corrected chi connectivity index (χ1v) is 11.2. The number of amides is 2. The lowest BCUT2D eigenvalue weighted by molar-refractivity contribution is -0.137. The molecule has 0 bridgehead atoms. The van der Waals surface area contributed by atoms with Gasteiger partial charge in [-0.05, 0) is 31.9 Å². The van der Waals surface area contributed by atoms with Crippen molar-refractivity contribution in [1.82, 2.24) is 34.7 Å². The van der Waals surface area contributed by atoms with Crippen molar-refractivity contribution < 1.29 is 24.5 Å². The van der Waals surface area contributed by atoms with Crippen molar-refractivity contribution in [2.45, 2.75) is 44.4 Å². The Labute approximate surface area is 206 Å². The Bertz CT molecular complexity index is 1330. The van der Waals surface area contributed by atoms with E-state index in [0.29, 0.717) is 5.56 Å². The Morgan fingerprint density at radius 1 is 1.31 bits per heavy atom. The first-order chi connectivity index (χ1) is 17.2. The van der Waals surface area contributed by atoms with E-state index in [1.54, 1.807) is 23.2 Å². The molecule has 4 atom stereocenters. The molecule has 36 heavy (non-hydrogen) atoms. The van der Waals surface area contributed by atoms with Gasteiger partial charge in [0, 0.05) is 25.5 Å². The van der Waals surface area contributed by atoms with E-state index in [-0.39, 0.29) is 41.3 Å². The highest BCUT2D eigenvalue weighted by Crippen LogP contribution is 2.32. The topological polar surface area (TPSA) is 182 Å². The summed E-state index contributed by atoms with van der Waals surface area (Å²) in [6.45, 7) is 3.86. The van der Waals surface area contributed by atoms with Gasteiger partial charge in [-0.3, -0.25) is 19.1 Å². The summed E-state index contributed by atoms with van der Waals surface area (Å²) < 4.78 is 6.97. The largest absolute Gasteiger partial charge is 0.387 e. The molecule has 2 amide bonds. The minimum Gasteiger partial charge on any atom is -0.387 e. The summed E-state index contributed by atoms with van der Waals surface area (Å²) in [5.41, 5.74) is 6.94. The third kappa shape index (κ3) is 4.69. The summed E-state index contributed by atoms with van der Waals surface area (Å²) in [5, 5.41) is 23.1. The number of rotatable bonds is 5. The van der Waals surface area contributed by atoms with Crippen LogP contribution >= 0.6 is 0 Å². The van der Waals surface area contributed by atoms with Gasteiger partial charge in [-0.2, -0.15) is 0 Å². The van der Waals surface area contributed by atoms with E-state index in [9.17, 15) is 19.8 Å². The van der Waals surface area contributed by atoms with E-state index < -0.39 is 30.4 Å². The SMILES string of the molecule is CNC(=O)[C@H]1O[C@@H](n2cnc3c(N)nc(C#CCN(C(=O)c4cccnc4)C(C)C)nc32)[C@H](O)[C@H]1O. The van der Waals surface area contributed by atoms with Crippen LogP contribution < -0.4 is 11.1 Å². The number of imidazole rings is 1. The summed E-state index contributed by atoms with van der Waals surface area (Å²) in [5.74, 6) is 5.04. The van der Waals surface area contributed by atoms with Gasteiger partial charge in [0.15, 0.2) is 23.8 Å². The van der Waals surface area contributed by atoms with Crippen LogP contribution in [0.15, 0.2) is 30.9 Å². The maximum atomic E-state index is 12.8. The number of nitrogens with two attached hydrogens (primary N) is 1. The minimum absolute atomic E-state index is 0.0473. The molecule has 1 aliphatic rings. The number of aliphatic hydroxyl groups is 2. The Kier molecular flexibility index (Phi) is 7.11. The number of fused-ring (bicyclic) bond motifs is 1. The molecule has 5 N–H and O–H groups in total. The van der Waals surface area contributed by atoms with Crippen LogP contribution in [0.25, 0.3) is 11.2 Å². The molecule has 0 aromatic carbocycles. The van der Waals surface area contributed by atoms with Gasteiger partial charge in [0.05, 0.1) is 18.4 Å². The minimum atomic E-state index is -1.45. The molecule has 0 radical (unpaired) electrons. The average molecular weight is 495 g/mol. The number of ether oxygens (including phenoxy) is 1. The van der Waals surface area contributed by atoms with E-state index in [1.165, 1.54) is 24.1 Å². The lowest BCUT2D eigenvalue weighted by Gasteiger charge is -2.24. The van der Waals surface area contributed by atoms with Crippen LogP contribution in [0, 0.1) is 11.8 Å². The second kappa shape index (κ2) is 10.2. The Morgan fingerprint density at radius 3 is 2.75 bits per heavy atom. The Balaban J connectivity index is 1.60. The fraction of sp³-hybridized carbons (Fsp3) is 0.391. The fourth-order valence-corrected chi connectivity index (χ4v) is 3.78. The van der Waals surface area contributed by atoms with Gasteiger partial charge in [0.1, 0.15) is 17.7 Å². The molecule has 0 saturated carbocycles. The van der Waals surface area contributed by atoms with Crippen molar-refractivity contribution >= 4 is 28.8 Å². The number of nitrogens with one attached hydrogen (secondary N) is 1. The number of nitrogen functional groups attached to an aromatic ring is 1. The van der Waals surface area contributed by atoms with Gasteiger partial charge < -0.3 is 30.9 Å². The molecule has 0 spiro atoms. The standard InChI is InChI=1S/C23H26N8O5/c1-12(2)30(22(35)13-6-4-8-26-10-13)9-5-7-14-28-19(24)15-20(29-14)31(11-27-15)23-17(33)16(32)18(36-23)21(34)25-3/h4,6,8,10-12,16-18,23,32-33H,9H2,1-3H3,(H,25,34)(H2,24,28,29)/t16-,17-,18+,23-/m1/s1. The molecule has 0 aliphatic carbocycles. The number of nitrogens with zero attached hydrogens (tertiary/aromatic N) is 6. The van der Waals surface area contributed by atoms with E-state index >= 15 is 0 Å². The summed E-state index contributed by atoms with van der Waals surface area (Å²) in [6.07, 6.45) is -0.879. The van der Waals surface area contributed by atoms with Crippen molar-refractivity contribution in [3.8, 4) is 11.8 Å². The molecular weight excluding hydrogens is 468 g/mol. The van der Waals surface area contributed by atoms with Crippen LogP contribution in [-0.4, -0.2) is 89.4 Å². The van der Waals surface area contributed by atoms with E-state index in [4.69, 9.17) is 10.5 Å². The molecular formula is C23H26N8O5. The average Bonchev–Trinajstić information content (AvgIpc) is 3.42. The third-order valence-electron chi connectivity index (χ3n) is 5.71. The van der Waals surface area contributed by atoms with Crippen molar-refractivity contribution in [3.05, 3.63) is 42.2 Å². The second-order valence-corrected chi connectivity index (χ2v) is 8.37. The predicted molar refractivity (Wildman–Crippen MR) is 127 cm³/mol. The number of carbonyl (C=O) groups is 2. The summed E-state index contributed by atoms with van der Waals surface area (Å²) in [4.78, 5) is 43.1. The monoisotopic (exact) mass is 494 g/mol. The molecule has 4 heterocycles. The van der Waals surface area contributed by atoms with Gasteiger partial charge in [-0.15, -0.1) is 0 Å². The Morgan fingerprint density at radius 2 is 2.08 bits per heavy atom. The molecule has 0 unspecified atom stereocenters. The lowest BCUT2D eigenvalue weighted by Crippen LogP contribution is -2.41. The van der Waals surface area contributed by atoms with Gasteiger partial charge in [0.2, 0.25) is 5.82 Å². The number of hydrogen-bond donors (Lipinski definition) is 4. The highest BCUT2D eigenvalue weighted by Gasteiger charge is 2.47. The number of hydrogen-bond acceptors (Lipinski definition) is 10. The summed E-state index contributed by atoms with van der Waals surface area (Å²) in [6, 6.07) is 3.25. The predicted octanol–water partition coefficient (Wildman–Crippen LogP) is -0.929. The Hall–Kier alpha value is -4.12. The van der Waals surface area contributed by atoms with Crippen LogP contribution in [0.2, 0.25) is 0 Å². The van der Waals surface area contributed by atoms with Crippen molar-refractivity contribution in [2.75, 3.05) is 19.3 Å². The van der Waals surface area contributed by atoms with Crippen LogP contribution in [-0.2, 0) is 9.53 Å². The molecule has 3 aromatic rings. The number of likely N-dealkylation sites (N-methyl/N-ethyl adjacent to an activating group) is 1. The summed E-state index contributed by atoms with van der Waals surface area (Å²) in [7, 11) is 1.40. The number of carbonyl (C=O) groups excluding carboxylic acids is 2. The normalized spacial score (nSPS) is 21.3. The second-order valence-electron chi connectivity index (χ2n) is 8.37. The number of aliphatic hydroxyl groups excluding tert-OH is 2. The highest BCUT2D eigenvalue weighted by molar-refractivity contribution is 5.94. The van der Waals surface area contributed by atoms with Crippen molar-refractivity contribution in [3.63, 3.8) is 0 Å². The van der Waals surface area contributed by atoms with E-state index in [2.05, 4.69) is 37.1 Å². The van der Waals surface area contributed by atoms with Crippen LogP contribution in [0.5, 0.6) is 0 Å². The number of pyridine rings is 1. The highest BCUT2D eigenvalue weighted by atomic mass is 16.6.